The van der Waals surface area contributed by atoms with Crippen LogP contribution in [0.2, 0.25) is 5.02 Å². The summed E-state index contributed by atoms with van der Waals surface area (Å²) in [5, 5.41) is 3.57. The number of benzene rings is 2. The number of likely N-dealkylation sites (N-methyl/N-ethyl adjacent to an activating group) is 1. The normalized spacial score (nSPS) is 12.6. The maximum Gasteiger partial charge on any atom is 0.248 e. The number of hydrogen-bond acceptors (Lipinski definition) is 3. The molecule has 0 fully saturated rings. The van der Waals surface area contributed by atoms with E-state index >= 15 is 0 Å². The smallest absolute Gasteiger partial charge is 0.248 e. The summed E-state index contributed by atoms with van der Waals surface area (Å²) in [4.78, 5) is 25.9. The van der Waals surface area contributed by atoms with E-state index < -0.39 is 5.91 Å². The zero-order valence-corrected chi connectivity index (χ0v) is 18.3. The average Bonchev–Trinajstić information content (AvgIpc) is 2.66. The number of nitrogens with zero attached hydrogens (tertiary/aromatic N) is 1. The van der Waals surface area contributed by atoms with Crippen LogP contribution in [0.15, 0.2) is 48.5 Å². The van der Waals surface area contributed by atoms with Gasteiger partial charge in [0.1, 0.15) is 0 Å². The second kappa shape index (κ2) is 9.90. The van der Waals surface area contributed by atoms with Crippen LogP contribution in [-0.4, -0.2) is 43.4 Å². The van der Waals surface area contributed by atoms with Crippen molar-refractivity contribution >= 4 is 23.4 Å². The van der Waals surface area contributed by atoms with E-state index in [0.29, 0.717) is 30.0 Å². The van der Waals surface area contributed by atoms with E-state index in [1.54, 1.807) is 12.1 Å². The molecule has 0 aliphatic rings. The van der Waals surface area contributed by atoms with Gasteiger partial charge in [0.05, 0.1) is 0 Å². The first-order valence-corrected chi connectivity index (χ1v) is 10.0. The van der Waals surface area contributed by atoms with Crippen molar-refractivity contribution in [3.8, 4) is 0 Å². The van der Waals surface area contributed by atoms with Gasteiger partial charge in [0, 0.05) is 29.6 Å². The van der Waals surface area contributed by atoms with Gasteiger partial charge in [-0.15, -0.1) is 0 Å². The molecule has 0 spiro atoms. The summed E-state index contributed by atoms with van der Waals surface area (Å²) in [6.45, 7) is 4.65. The van der Waals surface area contributed by atoms with Crippen LogP contribution in [0.4, 0.5) is 0 Å². The number of primary amides is 1. The van der Waals surface area contributed by atoms with E-state index in [-0.39, 0.29) is 17.4 Å². The second-order valence-corrected chi connectivity index (χ2v) is 8.63. The summed E-state index contributed by atoms with van der Waals surface area (Å²) in [7, 11) is 3.94. The van der Waals surface area contributed by atoms with Gasteiger partial charge in [0.2, 0.25) is 11.8 Å². The van der Waals surface area contributed by atoms with E-state index in [4.69, 9.17) is 17.3 Å². The lowest BCUT2D eigenvalue weighted by Gasteiger charge is -2.27. The molecule has 0 saturated carbocycles. The van der Waals surface area contributed by atoms with Gasteiger partial charge in [-0.2, -0.15) is 0 Å². The largest absolute Gasteiger partial charge is 0.366 e. The van der Waals surface area contributed by atoms with Crippen LogP contribution in [0.25, 0.3) is 0 Å². The Morgan fingerprint density at radius 2 is 1.79 bits per heavy atom. The zero-order valence-electron chi connectivity index (χ0n) is 17.5. The molecular weight excluding hydrogens is 386 g/mol. The standard InChI is InChI=1S/C23H30ClN3O2/c1-23(2,18-8-6-5-7-9-18)14-21(28)26-15-19(27(3)4)12-16-10-11-17(22(25)29)13-20(16)24/h5-11,13,19H,12,14-15H2,1-4H3,(H2,25,29)(H,26,28)/t19-/m0/s1. The van der Waals surface area contributed by atoms with E-state index in [1.807, 2.05) is 50.5 Å². The average molecular weight is 416 g/mol. The Balaban J connectivity index is 1.99. The first-order chi connectivity index (χ1) is 13.6. The third kappa shape index (κ3) is 6.58. The van der Waals surface area contributed by atoms with Crippen LogP contribution < -0.4 is 11.1 Å². The Bertz CT molecular complexity index is 850. The molecule has 29 heavy (non-hydrogen) atoms. The number of nitrogens with two attached hydrogens (primary N) is 1. The van der Waals surface area contributed by atoms with Gasteiger partial charge >= 0.3 is 0 Å². The van der Waals surface area contributed by atoms with E-state index in [9.17, 15) is 9.59 Å². The van der Waals surface area contributed by atoms with E-state index in [0.717, 1.165) is 11.1 Å². The molecule has 0 aliphatic carbocycles. The van der Waals surface area contributed by atoms with Crippen LogP contribution >= 0.6 is 11.6 Å². The number of hydrogen-bond donors (Lipinski definition) is 2. The van der Waals surface area contributed by atoms with Crippen molar-refractivity contribution < 1.29 is 9.59 Å². The van der Waals surface area contributed by atoms with Crippen molar-refractivity contribution in [2.45, 2.75) is 38.1 Å². The molecule has 0 bridgehead atoms. The minimum atomic E-state index is -0.504. The fourth-order valence-electron chi connectivity index (χ4n) is 3.24. The third-order valence-electron chi connectivity index (χ3n) is 5.22. The van der Waals surface area contributed by atoms with Crippen LogP contribution in [0.1, 0.15) is 41.8 Å². The quantitative estimate of drug-likeness (QED) is 0.659. The topological polar surface area (TPSA) is 75.4 Å². The van der Waals surface area contributed by atoms with Gasteiger partial charge in [-0.1, -0.05) is 61.8 Å². The minimum Gasteiger partial charge on any atom is -0.366 e. The van der Waals surface area contributed by atoms with Gasteiger partial charge in [0.25, 0.3) is 0 Å². The van der Waals surface area contributed by atoms with Crippen LogP contribution in [0, 0.1) is 0 Å². The molecule has 0 aliphatic heterocycles. The van der Waals surface area contributed by atoms with E-state index in [1.165, 1.54) is 0 Å². The highest BCUT2D eigenvalue weighted by atomic mass is 35.5. The second-order valence-electron chi connectivity index (χ2n) is 8.22. The van der Waals surface area contributed by atoms with Crippen molar-refractivity contribution in [2.75, 3.05) is 20.6 Å². The number of nitrogens with one attached hydrogen (secondary N) is 1. The Morgan fingerprint density at radius 1 is 1.14 bits per heavy atom. The first-order valence-electron chi connectivity index (χ1n) is 9.67. The fourth-order valence-corrected chi connectivity index (χ4v) is 3.50. The molecule has 3 N–H and O–H groups in total. The first kappa shape index (κ1) is 22.9. The van der Waals surface area contributed by atoms with Gasteiger partial charge in [0.15, 0.2) is 0 Å². The molecule has 2 aromatic rings. The molecule has 6 heteroatoms. The van der Waals surface area contributed by atoms with Gasteiger partial charge in [-0.3, -0.25) is 9.59 Å². The van der Waals surface area contributed by atoms with Crippen molar-refractivity contribution in [1.29, 1.82) is 0 Å². The number of carbonyl (C=O) groups is 2. The maximum absolute atomic E-state index is 12.6. The van der Waals surface area contributed by atoms with Crippen LogP contribution in [0.5, 0.6) is 0 Å². The van der Waals surface area contributed by atoms with Crippen molar-refractivity contribution in [1.82, 2.24) is 10.2 Å². The highest BCUT2D eigenvalue weighted by Gasteiger charge is 2.25. The summed E-state index contributed by atoms with van der Waals surface area (Å²) in [6, 6.07) is 15.2. The lowest BCUT2D eigenvalue weighted by atomic mass is 9.81. The molecular formula is C23H30ClN3O2. The highest BCUT2D eigenvalue weighted by Crippen LogP contribution is 2.26. The van der Waals surface area contributed by atoms with Gasteiger partial charge in [-0.25, -0.2) is 0 Å². The predicted octanol–water partition coefficient (Wildman–Crippen LogP) is 3.40. The summed E-state index contributed by atoms with van der Waals surface area (Å²) >= 11 is 6.33. The SMILES string of the molecule is CN(C)[C@H](CNC(=O)CC(C)(C)c1ccccc1)Cc1ccc(C(N)=O)cc1Cl. The molecule has 0 unspecified atom stereocenters. The molecule has 5 nitrogen and oxygen atoms in total. The number of rotatable bonds is 9. The summed E-state index contributed by atoms with van der Waals surface area (Å²) in [5.41, 5.74) is 7.50. The monoisotopic (exact) mass is 415 g/mol. The predicted molar refractivity (Wildman–Crippen MR) is 118 cm³/mol. The van der Waals surface area contributed by atoms with E-state index in [2.05, 4.69) is 24.1 Å². The van der Waals surface area contributed by atoms with Crippen molar-refractivity contribution in [3.63, 3.8) is 0 Å². The third-order valence-corrected chi connectivity index (χ3v) is 5.57. The summed E-state index contributed by atoms with van der Waals surface area (Å²) < 4.78 is 0. The Kier molecular flexibility index (Phi) is 7.82. The molecule has 0 aromatic heterocycles. The fraction of sp³-hybridized carbons (Fsp3) is 0.391. The highest BCUT2D eigenvalue weighted by molar-refractivity contribution is 6.31. The zero-order chi connectivity index (χ0) is 21.6. The van der Waals surface area contributed by atoms with Crippen molar-refractivity contribution in [2.24, 2.45) is 5.73 Å². The summed E-state index contributed by atoms with van der Waals surface area (Å²) in [6.07, 6.45) is 1.05. The van der Waals surface area contributed by atoms with Crippen LogP contribution in [0.3, 0.4) is 0 Å². The molecule has 2 amide bonds. The Morgan fingerprint density at radius 3 is 2.34 bits per heavy atom. The Hall–Kier alpha value is -2.37. The molecule has 0 radical (unpaired) electrons. The maximum atomic E-state index is 12.6. The molecule has 156 valence electrons. The molecule has 2 aromatic carbocycles. The molecule has 2 rings (SSSR count). The van der Waals surface area contributed by atoms with Gasteiger partial charge in [-0.05, 0) is 49.2 Å². The number of carbonyl (C=O) groups excluding carboxylic acids is 2. The minimum absolute atomic E-state index is 0.0147. The van der Waals surface area contributed by atoms with Crippen LogP contribution in [-0.2, 0) is 16.6 Å². The Labute approximate surface area is 178 Å². The lowest BCUT2D eigenvalue weighted by molar-refractivity contribution is -0.122. The number of halogens is 1. The lowest BCUT2D eigenvalue weighted by Crippen LogP contribution is -2.42. The molecule has 0 saturated heterocycles. The number of amides is 2. The molecule has 1 atom stereocenters. The van der Waals surface area contributed by atoms with Crippen molar-refractivity contribution in [3.05, 3.63) is 70.2 Å². The molecule has 0 heterocycles. The summed E-state index contributed by atoms with van der Waals surface area (Å²) in [5.74, 6) is -0.489. The van der Waals surface area contributed by atoms with Gasteiger partial charge < -0.3 is 16.0 Å².